The summed E-state index contributed by atoms with van der Waals surface area (Å²) in [7, 11) is 0. The Hall–Kier alpha value is -5.56. The molecule has 2 amide bonds. The van der Waals surface area contributed by atoms with Crippen molar-refractivity contribution < 1.29 is 37.2 Å². The number of benzene rings is 4. The summed E-state index contributed by atoms with van der Waals surface area (Å²) in [4.78, 5) is 38.2. The molecule has 9 nitrogen and oxygen atoms in total. The molecule has 43 heavy (non-hydrogen) atoms. The number of hydrogen-bond donors (Lipinski definition) is 1. The van der Waals surface area contributed by atoms with E-state index >= 15 is 0 Å². The molecular formula is C30H18F3N3O6S. The number of para-hydroxylation sites is 1. The number of alkyl halides is 3. The molecule has 0 saturated carbocycles. The van der Waals surface area contributed by atoms with Crippen molar-refractivity contribution in [3.05, 3.63) is 124 Å². The van der Waals surface area contributed by atoms with Gasteiger partial charge in [-0.05, 0) is 84.5 Å². The minimum Gasteiger partial charge on any atom is -0.457 e. The van der Waals surface area contributed by atoms with Crippen molar-refractivity contribution in [3.63, 3.8) is 0 Å². The minimum absolute atomic E-state index is 0.0842. The van der Waals surface area contributed by atoms with E-state index in [4.69, 9.17) is 21.7 Å². The number of anilines is 1. The topological polar surface area (TPSA) is 111 Å². The quantitative estimate of drug-likeness (QED) is 0.0792. The Morgan fingerprint density at radius 1 is 0.837 bits per heavy atom. The van der Waals surface area contributed by atoms with Crippen LogP contribution in [0.15, 0.2) is 103 Å². The van der Waals surface area contributed by atoms with Crippen LogP contribution in [0.1, 0.15) is 11.1 Å². The van der Waals surface area contributed by atoms with E-state index in [-0.39, 0.29) is 27.7 Å². The lowest BCUT2D eigenvalue weighted by molar-refractivity contribution is -0.385. The summed E-state index contributed by atoms with van der Waals surface area (Å²) in [5.41, 5.74) is -1.54. The molecule has 13 heteroatoms. The van der Waals surface area contributed by atoms with Crippen molar-refractivity contribution in [1.29, 1.82) is 0 Å². The van der Waals surface area contributed by atoms with Crippen LogP contribution >= 0.6 is 12.2 Å². The van der Waals surface area contributed by atoms with Crippen LogP contribution in [0.5, 0.6) is 23.0 Å². The van der Waals surface area contributed by atoms with E-state index in [1.165, 1.54) is 12.1 Å². The summed E-state index contributed by atoms with van der Waals surface area (Å²) in [5.74, 6) is -1.11. The van der Waals surface area contributed by atoms with Gasteiger partial charge in [-0.25, -0.2) is 0 Å². The van der Waals surface area contributed by atoms with Gasteiger partial charge in [-0.3, -0.25) is 29.9 Å². The average Bonchev–Trinajstić information content (AvgIpc) is 2.97. The highest BCUT2D eigenvalue weighted by Gasteiger charge is 2.35. The van der Waals surface area contributed by atoms with Crippen molar-refractivity contribution in [1.82, 2.24) is 5.32 Å². The number of nitrogens with one attached hydrogen (secondary N) is 1. The molecule has 1 aliphatic rings. The summed E-state index contributed by atoms with van der Waals surface area (Å²) in [6.07, 6.45) is -3.50. The number of thiocarbonyl (C=S) groups is 1. The van der Waals surface area contributed by atoms with E-state index < -0.39 is 34.2 Å². The lowest BCUT2D eigenvalue weighted by Gasteiger charge is -2.29. The van der Waals surface area contributed by atoms with Crippen molar-refractivity contribution in [3.8, 4) is 23.0 Å². The van der Waals surface area contributed by atoms with Gasteiger partial charge in [0.15, 0.2) is 5.11 Å². The summed E-state index contributed by atoms with van der Waals surface area (Å²) in [5, 5.41) is 14.0. The first kappa shape index (κ1) is 29.0. The summed E-state index contributed by atoms with van der Waals surface area (Å²) in [6, 6.07) is 22.8. The highest BCUT2D eigenvalue weighted by Crippen LogP contribution is 2.36. The van der Waals surface area contributed by atoms with Gasteiger partial charge in [-0.1, -0.05) is 30.3 Å². The van der Waals surface area contributed by atoms with Gasteiger partial charge in [0.05, 0.1) is 16.2 Å². The molecule has 1 saturated heterocycles. The predicted octanol–water partition coefficient (Wildman–Crippen LogP) is 7.03. The first-order valence-electron chi connectivity index (χ1n) is 12.4. The molecule has 0 bridgehead atoms. The molecule has 4 aromatic carbocycles. The zero-order valence-corrected chi connectivity index (χ0v) is 22.5. The first-order chi connectivity index (χ1) is 20.5. The Labute approximate surface area is 246 Å². The molecule has 0 aliphatic carbocycles. The van der Waals surface area contributed by atoms with Crippen LogP contribution in [0.3, 0.4) is 0 Å². The predicted molar refractivity (Wildman–Crippen MR) is 154 cm³/mol. The van der Waals surface area contributed by atoms with Crippen LogP contribution in [0.25, 0.3) is 6.08 Å². The number of halogens is 3. The number of carbonyl (C=O) groups excluding carboxylic acids is 2. The van der Waals surface area contributed by atoms with Crippen molar-refractivity contribution in [2.24, 2.45) is 0 Å². The Balaban J connectivity index is 1.40. The molecule has 0 spiro atoms. The molecule has 1 aliphatic heterocycles. The normalized spacial score (nSPS) is 14.4. The minimum atomic E-state index is -4.64. The van der Waals surface area contributed by atoms with Crippen LogP contribution in [-0.4, -0.2) is 21.9 Å². The highest BCUT2D eigenvalue weighted by molar-refractivity contribution is 7.80. The smallest absolute Gasteiger partial charge is 0.416 e. The molecule has 0 atom stereocenters. The van der Waals surface area contributed by atoms with E-state index in [0.29, 0.717) is 23.3 Å². The molecule has 1 heterocycles. The third kappa shape index (κ3) is 6.52. The fourth-order valence-electron chi connectivity index (χ4n) is 4.06. The summed E-state index contributed by atoms with van der Waals surface area (Å²) < 4.78 is 50.3. The zero-order chi connectivity index (χ0) is 30.7. The molecule has 216 valence electrons. The third-order valence-electron chi connectivity index (χ3n) is 6.06. The molecule has 5 rings (SSSR count). The van der Waals surface area contributed by atoms with Crippen LogP contribution < -0.4 is 19.7 Å². The average molecular weight is 606 g/mol. The number of ether oxygens (including phenoxy) is 2. The number of amides is 2. The van der Waals surface area contributed by atoms with Crippen LogP contribution in [-0.2, 0) is 15.8 Å². The number of nitrogens with zero attached hydrogens (tertiary/aromatic N) is 2. The molecule has 0 unspecified atom stereocenters. The molecule has 0 aromatic heterocycles. The number of carbonyl (C=O) groups is 2. The van der Waals surface area contributed by atoms with Crippen LogP contribution in [0.2, 0.25) is 0 Å². The Kier molecular flexibility index (Phi) is 7.90. The van der Waals surface area contributed by atoms with Gasteiger partial charge >= 0.3 is 11.9 Å². The van der Waals surface area contributed by atoms with Crippen LogP contribution in [0, 0.1) is 10.1 Å². The van der Waals surface area contributed by atoms with Gasteiger partial charge < -0.3 is 9.47 Å². The SMILES string of the molecule is O=C1NC(=S)N(c2ccc(Oc3ccccc3)cc2)C(=O)/C1=C/c1ccc(Oc2cccc(C(F)(F)F)c2)c([N+](=O)[O-])c1. The lowest BCUT2D eigenvalue weighted by atomic mass is 10.1. The van der Waals surface area contributed by atoms with Gasteiger partial charge in [0.25, 0.3) is 11.8 Å². The second kappa shape index (κ2) is 11.7. The maximum absolute atomic E-state index is 13.4. The highest BCUT2D eigenvalue weighted by atomic mass is 32.1. The van der Waals surface area contributed by atoms with Crippen LogP contribution in [0.4, 0.5) is 24.5 Å². The van der Waals surface area contributed by atoms with Gasteiger partial charge in [0.2, 0.25) is 5.75 Å². The Bertz CT molecular complexity index is 1780. The van der Waals surface area contributed by atoms with Gasteiger partial charge in [-0.15, -0.1) is 0 Å². The lowest BCUT2D eigenvalue weighted by Crippen LogP contribution is -2.54. The Morgan fingerprint density at radius 2 is 1.51 bits per heavy atom. The van der Waals surface area contributed by atoms with Crippen molar-refractivity contribution in [2.75, 3.05) is 4.90 Å². The molecule has 0 radical (unpaired) electrons. The maximum Gasteiger partial charge on any atom is 0.416 e. The number of nitro groups is 1. The van der Waals surface area contributed by atoms with E-state index in [9.17, 15) is 32.9 Å². The second-order valence-corrected chi connectivity index (χ2v) is 9.37. The molecular weight excluding hydrogens is 587 g/mol. The largest absolute Gasteiger partial charge is 0.457 e. The number of hydrogen-bond acceptors (Lipinski definition) is 7. The third-order valence-corrected chi connectivity index (χ3v) is 6.34. The number of rotatable bonds is 7. The van der Waals surface area contributed by atoms with Gasteiger partial charge in [-0.2, -0.15) is 13.2 Å². The summed E-state index contributed by atoms with van der Waals surface area (Å²) in [6.45, 7) is 0. The Morgan fingerprint density at radius 3 is 2.19 bits per heavy atom. The summed E-state index contributed by atoms with van der Waals surface area (Å²) >= 11 is 5.22. The van der Waals surface area contributed by atoms with Gasteiger partial charge in [0.1, 0.15) is 22.8 Å². The maximum atomic E-state index is 13.4. The molecule has 1 N–H and O–H groups in total. The monoisotopic (exact) mass is 605 g/mol. The van der Waals surface area contributed by atoms with E-state index in [1.807, 2.05) is 18.2 Å². The van der Waals surface area contributed by atoms with Gasteiger partial charge in [0, 0.05) is 6.07 Å². The fourth-order valence-corrected chi connectivity index (χ4v) is 4.34. The van der Waals surface area contributed by atoms with E-state index in [2.05, 4.69) is 5.32 Å². The second-order valence-electron chi connectivity index (χ2n) is 8.98. The van der Waals surface area contributed by atoms with Crippen molar-refractivity contribution in [2.45, 2.75) is 6.18 Å². The van der Waals surface area contributed by atoms with E-state index in [1.54, 1.807) is 36.4 Å². The fraction of sp³-hybridized carbons (Fsp3) is 0.0333. The number of nitro benzene ring substituents is 1. The first-order valence-corrected chi connectivity index (χ1v) is 12.8. The molecule has 1 fully saturated rings. The van der Waals surface area contributed by atoms with E-state index in [0.717, 1.165) is 35.2 Å². The standard InChI is InChI=1S/C30H18F3N3O6S/c31-30(32,33)19-5-4-8-23(17-19)42-26-14-9-18(16-25(26)36(39)40)15-24-27(37)34-29(43)35(28(24)38)20-10-12-22(13-11-20)41-21-6-2-1-3-7-21/h1-17H,(H,34,37,43)/b24-15+. The van der Waals surface area contributed by atoms with Crippen molar-refractivity contribution >= 4 is 46.6 Å². The zero-order valence-electron chi connectivity index (χ0n) is 21.7. The molecule has 4 aromatic rings.